The van der Waals surface area contributed by atoms with E-state index < -0.39 is 40.9 Å². The van der Waals surface area contributed by atoms with Crippen LogP contribution < -0.4 is 10.7 Å². The smallest absolute Gasteiger partial charge is 0.675 e. The first-order valence-electron chi connectivity index (χ1n) is 14.2. The molecule has 2 atom stereocenters. The van der Waals surface area contributed by atoms with Crippen LogP contribution in [0.4, 0.5) is 0 Å². The first-order chi connectivity index (χ1) is 21.2. The number of hydrogen-bond donors (Lipinski definition) is 4. The van der Waals surface area contributed by atoms with Gasteiger partial charge in [0.15, 0.2) is 11.2 Å². The minimum absolute atomic E-state index is 0. The molecular weight excluding hydrogens is 795 g/mol. The van der Waals surface area contributed by atoms with Gasteiger partial charge in [-0.3, -0.25) is 33.7 Å². The molecule has 0 radical (unpaired) electrons. The van der Waals surface area contributed by atoms with Crippen LogP contribution in [0.15, 0.2) is 17.3 Å². The molecule has 19 heteroatoms. The van der Waals surface area contributed by atoms with E-state index in [9.17, 15) is 28.8 Å². The monoisotopic (exact) mass is 835 g/mol. The SMILES string of the molecule is CC1(C)O[C@H](C[NH-])[C@@H](C[NH-])O1.O=C(CCN1C(=O)C=CC1=O)NCCOCCOCCC(=O)NN=C1CC(C(=O)O)(C(=O)O)C1.[Pt+2]. The minimum atomic E-state index is -1.87. The fourth-order valence-electron chi connectivity index (χ4n) is 4.27. The number of aliphatic carboxylic acids is 2. The van der Waals surface area contributed by atoms with Crippen LogP contribution in [-0.2, 0) is 68.8 Å². The predicted molar refractivity (Wildman–Crippen MR) is 154 cm³/mol. The number of hydrazone groups is 1. The molecule has 2 aliphatic heterocycles. The molecule has 1 saturated carbocycles. The summed E-state index contributed by atoms with van der Waals surface area (Å²) < 4.78 is 21.3. The van der Waals surface area contributed by atoms with Crippen molar-refractivity contribution in [3.63, 3.8) is 0 Å². The van der Waals surface area contributed by atoms with Crippen LogP contribution in [-0.4, -0.2) is 127 Å². The molecule has 0 spiro atoms. The normalized spacial score (nSPS) is 20.6. The summed E-state index contributed by atoms with van der Waals surface area (Å²) in [5, 5.41) is 24.3. The molecule has 0 unspecified atom stereocenters. The van der Waals surface area contributed by atoms with Crippen molar-refractivity contribution >= 4 is 41.3 Å². The van der Waals surface area contributed by atoms with Crippen LogP contribution >= 0.6 is 0 Å². The van der Waals surface area contributed by atoms with E-state index in [-0.39, 0.29) is 123 Å². The van der Waals surface area contributed by atoms with E-state index in [0.717, 1.165) is 17.1 Å². The van der Waals surface area contributed by atoms with Gasteiger partial charge in [0.25, 0.3) is 11.8 Å². The number of imide groups is 1. The molecule has 18 nitrogen and oxygen atoms in total. The molecule has 0 aromatic carbocycles. The second kappa shape index (κ2) is 19.5. The molecule has 3 rings (SSSR count). The number of carbonyl (C=O) groups is 6. The van der Waals surface area contributed by atoms with E-state index in [1.54, 1.807) is 0 Å². The molecule has 3 aliphatic rings. The Hall–Kier alpha value is -3.12. The van der Waals surface area contributed by atoms with Gasteiger partial charge < -0.3 is 45.9 Å². The first-order valence-corrected chi connectivity index (χ1v) is 14.2. The van der Waals surface area contributed by atoms with E-state index in [1.165, 1.54) is 0 Å². The maximum absolute atomic E-state index is 11.7. The summed E-state index contributed by atoms with van der Waals surface area (Å²) in [6.07, 6.45) is 1.33. The van der Waals surface area contributed by atoms with Gasteiger partial charge in [0, 0.05) is 50.2 Å². The van der Waals surface area contributed by atoms with Crippen molar-refractivity contribution in [2.24, 2.45) is 10.5 Å². The topological polar surface area (TPSA) is 267 Å². The molecule has 1 saturated heterocycles. The number of nitrogens with one attached hydrogen (secondary N) is 4. The van der Waals surface area contributed by atoms with Crippen LogP contribution in [0.25, 0.3) is 11.5 Å². The van der Waals surface area contributed by atoms with Crippen LogP contribution in [0.2, 0.25) is 0 Å². The number of carboxylic acid groups (broad SMARTS) is 2. The van der Waals surface area contributed by atoms with Gasteiger partial charge in [0.05, 0.1) is 45.1 Å². The number of rotatable bonds is 17. The molecule has 0 bridgehead atoms. The van der Waals surface area contributed by atoms with Crippen molar-refractivity contribution in [3.8, 4) is 0 Å². The Morgan fingerprint density at radius 2 is 1.43 bits per heavy atom. The zero-order valence-corrected chi connectivity index (χ0v) is 27.8. The summed E-state index contributed by atoms with van der Waals surface area (Å²) in [5.74, 6) is -5.13. The van der Waals surface area contributed by atoms with Gasteiger partial charge in [-0.1, -0.05) is 0 Å². The molecule has 4 amide bonds. The molecule has 260 valence electrons. The molecular formula is C27H40N6O12Pt. The number of carbonyl (C=O) groups excluding carboxylic acids is 4. The third-order valence-corrected chi connectivity index (χ3v) is 6.73. The number of carboxylic acids is 2. The zero-order chi connectivity index (χ0) is 33.6. The second-order valence-electron chi connectivity index (χ2n) is 10.6. The van der Waals surface area contributed by atoms with Crippen LogP contribution in [0.5, 0.6) is 0 Å². The predicted octanol–water partition coefficient (Wildman–Crippen LogP) is -0.129. The molecule has 0 aromatic heterocycles. The maximum Gasteiger partial charge on any atom is 2.00 e. The molecule has 1 aliphatic carbocycles. The quantitative estimate of drug-likeness (QED) is 0.0647. The Labute approximate surface area is 279 Å². The molecule has 2 fully saturated rings. The summed E-state index contributed by atoms with van der Waals surface area (Å²) in [6.45, 7) is 4.98. The van der Waals surface area contributed by atoms with Gasteiger partial charge in [-0.15, -0.1) is 13.1 Å². The maximum atomic E-state index is 11.7. The average Bonchev–Trinajstić information content (AvgIpc) is 3.45. The largest absolute Gasteiger partial charge is 2.00 e. The number of amides is 4. The average molecular weight is 836 g/mol. The number of nitrogens with zero attached hydrogens (tertiary/aromatic N) is 2. The standard InChI is InChI=1S/C20H26N4O10.C7H14N2O2.Pt/c25-14(3-6-24-16(27)1-2-17(24)28)21-5-8-34-10-9-33-7-4-15(26)23-22-13-11-20(12-13,18(29)30)19(31)32;1-7(2)10-5(3-8)6(4-9)11-7;/h1-2H,3-12H2,(H,21,25)(H,23,26)(H,29,30)(H,31,32);5-6,8-9H,3-4H2,1-2H3;/q;-2;+2/t;5-,6-;/m.1./s1. The van der Waals surface area contributed by atoms with Crippen molar-refractivity contribution in [3.05, 3.63) is 23.6 Å². The molecule has 2 heterocycles. The fourth-order valence-corrected chi connectivity index (χ4v) is 4.27. The van der Waals surface area contributed by atoms with E-state index in [0.29, 0.717) is 0 Å². The minimum Gasteiger partial charge on any atom is -0.675 e. The Bertz CT molecular complexity index is 1110. The fraction of sp³-hybridized carbons (Fsp3) is 0.667. The number of hydrogen-bond acceptors (Lipinski definition) is 11. The van der Waals surface area contributed by atoms with E-state index in [2.05, 4.69) is 15.8 Å². The third kappa shape index (κ3) is 12.6. The summed E-state index contributed by atoms with van der Waals surface area (Å²) in [7, 11) is 0. The summed E-state index contributed by atoms with van der Waals surface area (Å²) >= 11 is 0. The van der Waals surface area contributed by atoms with Crippen molar-refractivity contribution in [1.82, 2.24) is 15.6 Å². The Kier molecular flexibility index (Phi) is 17.4. The van der Waals surface area contributed by atoms with Crippen molar-refractivity contribution in [1.29, 1.82) is 0 Å². The third-order valence-electron chi connectivity index (χ3n) is 6.73. The van der Waals surface area contributed by atoms with Gasteiger partial charge in [-0.2, -0.15) is 5.10 Å². The van der Waals surface area contributed by atoms with Crippen LogP contribution in [0.1, 0.15) is 39.5 Å². The van der Waals surface area contributed by atoms with Gasteiger partial charge in [0.1, 0.15) is 0 Å². The summed E-state index contributed by atoms with van der Waals surface area (Å²) in [5.41, 5.74) is 14.9. The van der Waals surface area contributed by atoms with Gasteiger partial charge in [-0.25, -0.2) is 5.43 Å². The van der Waals surface area contributed by atoms with Crippen molar-refractivity contribution < 1.29 is 79.0 Å². The van der Waals surface area contributed by atoms with E-state index in [4.69, 9.17) is 40.6 Å². The van der Waals surface area contributed by atoms with Crippen molar-refractivity contribution in [2.45, 2.75) is 57.5 Å². The number of ether oxygens (including phenoxy) is 4. The Morgan fingerprint density at radius 1 is 0.913 bits per heavy atom. The Morgan fingerprint density at radius 3 is 1.93 bits per heavy atom. The summed E-state index contributed by atoms with van der Waals surface area (Å²) in [6, 6.07) is 0. The van der Waals surface area contributed by atoms with Crippen molar-refractivity contribution in [2.75, 3.05) is 52.6 Å². The second-order valence-corrected chi connectivity index (χ2v) is 10.6. The zero-order valence-electron chi connectivity index (χ0n) is 25.5. The molecule has 0 aromatic rings. The Balaban J connectivity index is 0.000000743. The first kappa shape index (κ1) is 40.9. The van der Waals surface area contributed by atoms with Gasteiger partial charge in [-0.05, 0) is 13.8 Å². The van der Waals surface area contributed by atoms with E-state index in [1.807, 2.05) is 13.8 Å². The molecule has 46 heavy (non-hydrogen) atoms. The van der Waals surface area contributed by atoms with Gasteiger partial charge in [0.2, 0.25) is 11.8 Å². The molecule has 6 N–H and O–H groups in total. The van der Waals surface area contributed by atoms with E-state index >= 15 is 0 Å². The van der Waals surface area contributed by atoms with Crippen LogP contribution in [0, 0.1) is 5.41 Å². The van der Waals surface area contributed by atoms with Crippen LogP contribution in [0.3, 0.4) is 0 Å². The summed E-state index contributed by atoms with van der Waals surface area (Å²) in [4.78, 5) is 69.2. The van der Waals surface area contributed by atoms with Gasteiger partial charge >= 0.3 is 33.0 Å².